The fourth-order valence-corrected chi connectivity index (χ4v) is 2.17. The number of halogens is 4. The maximum Gasteiger partial charge on any atom is 0.255 e. The number of nitrogens with one attached hydrogen (secondary N) is 1. The van der Waals surface area contributed by atoms with Crippen LogP contribution in [-0.2, 0) is 9.59 Å². The molecule has 0 saturated carbocycles. The number of alkyl halides is 4. The molecule has 1 aliphatic heterocycles. The molecular weight excluding hydrogens is 336 g/mol. The van der Waals surface area contributed by atoms with Gasteiger partial charge in [0.05, 0.1) is 0 Å². The fourth-order valence-electron chi connectivity index (χ4n) is 1.74. The maximum absolute atomic E-state index is 11.5. The summed E-state index contributed by atoms with van der Waals surface area (Å²) in [7, 11) is 0. The van der Waals surface area contributed by atoms with Crippen molar-refractivity contribution >= 4 is 58.2 Å². The van der Waals surface area contributed by atoms with Gasteiger partial charge in [-0.1, -0.05) is 46.4 Å². The third kappa shape index (κ3) is 5.92. The Labute approximate surface area is 132 Å². The van der Waals surface area contributed by atoms with Gasteiger partial charge >= 0.3 is 0 Å². The maximum atomic E-state index is 11.5. The molecule has 1 heterocycles. The summed E-state index contributed by atoms with van der Waals surface area (Å²) in [5.41, 5.74) is 0. The first-order valence-electron chi connectivity index (χ1n) is 5.77. The van der Waals surface area contributed by atoms with Crippen molar-refractivity contribution in [1.82, 2.24) is 15.1 Å². The summed E-state index contributed by atoms with van der Waals surface area (Å²) < 4.78 is 0. The van der Waals surface area contributed by atoms with E-state index in [4.69, 9.17) is 46.4 Å². The van der Waals surface area contributed by atoms with Crippen LogP contribution in [0.25, 0.3) is 0 Å². The van der Waals surface area contributed by atoms with Gasteiger partial charge < -0.3 is 10.2 Å². The minimum absolute atomic E-state index is 0.261. The minimum atomic E-state index is -1.04. The molecule has 19 heavy (non-hydrogen) atoms. The van der Waals surface area contributed by atoms with Crippen LogP contribution in [0.1, 0.15) is 0 Å². The molecule has 9 heteroatoms. The predicted molar refractivity (Wildman–Crippen MR) is 77.0 cm³/mol. The van der Waals surface area contributed by atoms with Crippen molar-refractivity contribution in [3.8, 4) is 0 Å². The Morgan fingerprint density at radius 2 is 1.58 bits per heavy atom. The van der Waals surface area contributed by atoms with Crippen LogP contribution >= 0.6 is 46.4 Å². The van der Waals surface area contributed by atoms with E-state index in [0.29, 0.717) is 39.3 Å². The zero-order valence-corrected chi connectivity index (χ0v) is 13.1. The summed E-state index contributed by atoms with van der Waals surface area (Å²) in [5, 5.41) is 2.61. The molecule has 0 aromatic carbocycles. The number of amides is 2. The van der Waals surface area contributed by atoms with Crippen molar-refractivity contribution in [2.45, 2.75) is 9.67 Å². The number of hydrogen-bond donors (Lipinski definition) is 1. The minimum Gasteiger partial charge on any atom is -0.352 e. The molecule has 0 unspecified atom stereocenters. The summed E-state index contributed by atoms with van der Waals surface area (Å²) in [5.74, 6) is -0.660. The lowest BCUT2D eigenvalue weighted by molar-refractivity contribution is -0.131. The van der Waals surface area contributed by atoms with Gasteiger partial charge in [0.15, 0.2) is 9.67 Å². The van der Waals surface area contributed by atoms with E-state index in [0.717, 1.165) is 0 Å². The number of carbonyl (C=O) groups is 2. The monoisotopic (exact) mass is 349 g/mol. The number of carbonyl (C=O) groups excluding carboxylic acids is 2. The largest absolute Gasteiger partial charge is 0.352 e. The lowest BCUT2D eigenvalue weighted by atomic mass is 10.3. The van der Waals surface area contributed by atoms with Crippen LogP contribution in [0, 0.1) is 0 Å². The molecule has 5 nitrogen and oxygen atoms in total. The Morgan fingerprint density at radius 1 is 1.00 bits per heavy atom. The number of rotatable bonds is 5. The fraction of sp³-hybridized carbons (Fsp3) is 0.800. The van der Waals surface area contributed by atoms with Gasteiger partial charge in [0.2, 0.25) is 0 Å². The molecule has 1 rings (SSSR count). The number of piperazine rings is 1. The quantitative estimate of drug-likeness (QED) is 0.748. The summed E-state index contributed by atoms with van der Waals surface area (Å²) in [6.07, 6.45) is 0. The van der Waals surface area contributed by atoms with Gasteiger partial charge in [-0.25, -0.2) is 0 Å². The van der Waals surface area contributed by atoms with Gasteiger partial charge in [-0.05, 0) is 0 Å². The van der Waals surface area contributed by atoms with Crippen molar-refractivity contribution < 1.29 is 9.59 Å². The van der Waals surface area contributed by atoms with E-state index in [9.17, 15) is 9.59 Å². The van der Waals surface area contributed by atoms with Crippen molar-refractivity contribution in [3.63, 3.8) is 0 Å². The highest BCUT2D eigenvalue weighted by molar-refractivity contribution is 6.53. The summed E-state index contributed by atoms with van der Waals surface area (Å²) >= 11 is 21.9. The molecule has 1 aliphatic rings. The SMILES string of the molecule is O=C(NCCN1CCN(C(=O)C(Cl)Cl)CC1)C(Cl)Cl. The van der Waals surface area contributed by atoms with E-state index in [1.54, 1.807) is 4.90 Å². The Hall–Kier alpha value is 0.0600. The highest BCUT2D eigenvalue weighted by Gasteiger charge is 2.24. The van der Waals surface area contributed by atoms with Gasteiger partial charge in [0, 0.05) is 39.3 Å². The van der Waals surface area contributed by atoms with E-state index < -0.39 is 15.6 Å². The zero-order valence-electron chi connectivity index (χ0n) is 10.1. The smallest absolute Gasteiger partial charge is 0.255 e. The number of nitrogens with zero attached hydrogens (tertiary/aromatic N) is 2. The van der Waals surface area contributed by atoms with E-state index in [1.807, 2.05) is 0 Å². The van der Waals surface area contributed by atoms with Crippen molar-refractivity contribution in [3.05, 3.63) is 0 Å². The Balaban J connectivity index is 2.20. The summed E-state index contributed by atoms with van der Waals surface area (Å²) in [6.45, 7) is 3.74. The van der Waals surface area contributed by atoms with E-state index in [-0.39, 0.29) is 5.91 Å². The average Bonchev–Trinajstić information content (AvgIpc) is 2.38. The summed E-state index contributed by atoms with van der Waals surface area (Å²) in [6, 6.07) is 0. The second-order valence-corrected chi connectivity index (χ2v) is 6.25. The third-order valence-electron chi connectivity index (χ3n) is 2.80. The first kappa shape index (κ1) is 17.1. The molecule has 1 N–H and O–H groups in total. The van der Waals surface area contributed by atoms with Crippen LogP contribution in [0.5, 0.6) is 0 Å². The van der Waals surface area contributed by atoms with Crippen LogP contribution in [0.3, 0.4) is 0 Å². The van der Waals surface area contributed by atoms with Crippen LogP contribution in [0.2, 0.25) is 0 Å². The standard InChI is InChI=1S/C10H15Cl4N3O2/c11-7(12)9(18)15-1-2-16-3-5-17(6-4-16)10(19)8(13)14/h7-8H,1-6H2,(H,15,18). The molecule has 1 saturated heterocycles. The van der Waals surface area contributed by atoms with Gasteiger partial charge in [-0.2, -0.15) is 0 Å². The van der Waals surface area contributed by atoms with E-state index in [2.05, 4.69) is 10.2 Å². The Morgan fingerprint density at radius 3 is 2.05 bits per heavy atom. The van der Waals surface area contributed by atoms with Crippen LogP contribution in [-0.4, -0.2) is 70.6 Å². The van der Waals surface area contributed by atoms with Crippen LogP contribution in [0.15, 0.2) is 0 Å². The highest BCUT2D eigenvalue weighted by atomic mass is 35.5. The molecule has 1 fully saturated rings. The first-order chi connectivity index (χ1) is 8.91. The highest BCUT2D eigenvalue weighted by Crippen LogP contribution is 2.10. The Bertz CT molecular complexity index is 317. The van der Waals surface area contributed by atoms with Crippen molar-refractivity contribution in [1.29, 1.82) is 0 Å². The second kappa shape index (κ2) is 8.37. The molecule has 2 amide bonds. The van der Waals surface area contributed by atoms with E-state index >= 15 is 0 Å². The molecule has 0 spiro atoms. The zero-order chi connectivity index (χ0) is 14.4. The molecule has 110 valence electrons. The summed E-state index contributed by atoms with van der Waals surface area (Å²) in [4.78, 5) is 24.4. The molecule has 0 aromatic heterocycles. The lowest BCUT2D eigenvalue weighted by Gasteiger charge is -2.34. The van der Waals surface area contributed by atoms with Crippen molar-refractivity contribution in [2.24, 2.45) is 0 Å². The normalized spacial score (nSPS) is 17.1. The predicted octanol–water partition coefficient (Wildman–Crippen LogP) is 0.854. The van der Waals surface area contributed by atoms with E-state index in [1.165, 1.54) is 0 Å². The van der Waals surface area contributed by atoms with Crippen LogP contribution < -0.4 is 5.32 Å². The molecule has 0 aromatic rings. The van der Waals surface area contributed by atoms with Crippen molar-refractivity contribution in [2.75, 3.05) is 39.3 Å². The first-order valence-corrected chi connectivity index (χ1v) is 7.51. The molecule has 0 aliphatic carbocycles. The van der Waals surface area contributed by atoms with Gasteiger partial charge in [-0.15, -0.1) is 0 Å². The second-order valence-electron chi connectivity index (χ2n) is 4.06. The molecule has 0 bridgehead atoms. The van der Waals surface area contributed by atoms with Gasteiger partial charge in [-0.3, -0.25) is 14.5 Å². The average molecular weight is 351 g/mol. The lowest BCUT2D eigenvalue weighted by Crippen LogP contribution is -2.51. The van der Waals surface area contributed by atoms with Gasteiger partial charge in [0.1, 0.15) is 0 Å². The molecular formula is C10H15Cl4N3O2. The molecule has 0 radical (unpaired) electrons. The van der Waals surface area contributed by atoms with Gasteiger partial charge in [0.25, 0.3) is 11.8 Å². The molecule has 0 atom stereocenters. The topological polar surface area (TPSA) is 52.7 Å². The third-order valence-corrected chi connectivity index (χ3v) is 3.57. The number of hydrogen-bond acceptors (Lipinski definition) is 3. The Kier molecular flexibility index (Phi) is 7.54. The van der Waals surface area contributed by atoms with Crippen LogP contribution in [0.4, 0.5) is 0 Å².